The summed E-state index contributed by atoms with van der Waals surface area (Å²) in [5.41, 5.74) is 0. The Morgan fingerprint density at radius 1 is 1.48 bits per heavy atom. The number of aromatic nitrogens is 2. The SMILES string of the molecule is CCOC(c1noc(CC2CS(=O)(=O)CCN2)n1)C(C)C. The molecule has 0 aliphatic carbocycles. The van der Waals surface area contributed by atoms with Gasteiger partial charge in [0.25, 0.3) is 0 Å². The normalized spacial score (nSPS) is 23.3. The number of rotatable bonds is 6. The van der Waals surface area contributed by atoms with Crippen LogP contribution in [0.5, 0.6) is 0 Å². The van der Waals surface area contributed by atoms with Crippen LogP contribution in [0.2, 0.25) is 0 Å². The van der Waals surface area contributed by atoms with Gasteiger partial charge in [-0.1, -0.05) is 19.0 Å². The van der Waals surface area contributed by atoms with E-state index < -0.39 is 9.84 Å². The molecule has 0 saturated carbocycles. The fourth-order valence-corrected chi connectivity index (χ4v) is 3.86. The highest BCUT2D eigenvalue weighted by molar-refractivity contribution is 7.91. The predicted molar refractivity (Wildman–Crippen MR) is 77.7 cm³/mol. The number of nitrogens with one attached hydrogen (secondary N) is 1. The van der Waals surface area contributed by atoms with E-state index in [0.29, 0.717) is 31.3 Å². The molecule has 2 heterocycles. The molecule has 0 aromatic carbocycles. The molecule has 1 aromatic rings. The molecule has 2 unspecified atom stereocenters. The molecule has 1 aromatic heterocycles. The molecule has 2 atom stereocenters. The fraction of sp³-hybridized carbons (Fsp3) is 0.846. The van der Waals surface area contributed by atoms with E-state index in [0.717, 1.165) is 0 Å². The first kappa shape index (κ1) is 16.4. The van der Waals surface area contributed by atoms with Gasteiger partial charge in [-0.15, -0.1) is 0 Å². The summed E-state index contributed by atoms with van der Waals surface area (Å²) in [6.45, 7) is 7.04. The summed E-state index contributed by atoms with van der Waals surface area (Å²) in [6.07, 6.45) is 0.221. The van der Waals surface area contributed by atoms with Crippen LogP contribution >= 0.6 is 0 Å². The minimum absolute atomic E-state index is 0.115. The van der Waals surface area contributed by atoms with Crippen molar-refractivity contribution in [1.29, 1.82) is 0 Å². The zero-order chi connectivity index (χ0) is 15.5. The third kappa shape index (κ3) is 4.49. The number of sulfone groups is 1. The van der Waals surface area contributed by atoms with Gasteiger partial charge in [0.15, 0.2) is 9.84 Å². The van der Waals surface area contributed by atoms with Crippen LogP contribution in [0.15, 0.2) is 4.52 Å². The molecule has 1 N–H and O–H groups in total. The van der Waals surface area contributed by atoms with Gasteiger partial charge < -0.3 is 14.6 Å². The molecule has 1 saturated heterocycles. The lowest BCUT2D eigenvalue weighted by Crippen LogP contribution is -2.46. The van der Waals surface area contributed by atoms with Crippen molar-refractivity contribution >= 4 is 9.84 Å². The second-order valence-corrected chi connectivity index (χ2v) is 7.86. The average Bonchev–Trinajstić information content (AvgIpc) is 2.82. The predicted octanol–water partition coefficient (Wildman–Crippen LogP) is 0.732. The lowest BCUT2D eigenvalue weighted by Gasteiger charge is -2.22. The molecular weight excluding hydrogens is 294 g/mol. The van der Waals surface area contributed by atoms with E-state index in [-0.39, 0.29) is 29.6 Å². The lowest BCUT2D eigenvalue weighted by molar-refractivity contribution is 0.0217. The Morgan fingerprint density at radius 2 is 2.24 bits per heavy atom. The summed E-state index contributed by atoms with van der Waals surface area (Å²) < 4.78 is 34.1. The Balaban J connectivity index is 2.02. The highest BCUT2D eigenvalue weighted by atomic mass is 32.2. The van der Waals surface area contributed by atoms with Gasteiger partial charge in [-0.25, -0.2) is 8.42 Å². The van der Waals surface area contributed by atoms with Gasteiger partial charge in [0.05, 0.1) is 11.5 Å². The molecule has 1 aliphatic rings. The molecule has 0 bridgehead atoms. The van der Waals surface area contributed by atoms with E-state index in [4.69, 9.17) is 9.26 Å². The molecule has 0 amide bonds. The first-order valence-corrected chi connectivity index (χ1v) is 9.11. The van der Waals surface area contributed by atoms with E-state index in [1.54, 1.807) is 0 Å². The van der Waals surface area contributed by atoms with Crippen LogP contribution in [0.1, 0.15) is 38.6 Å². The van der Waals surface area contributed by atoms with Crippen LogP contribution in [0.4, 0.5) is 0 Å². The van der Waals surface area contributed by atoms with Crippen LogP contribution in [0.25, 0.3) is 0 Å². The Bertz CT molecular complexity index is 556. The maximum atomic E-state index is 11.6. The smallest absolute Gasteiger partial charge is 0.228 e. The zero-order valence-electron chi connectivity index (χ0n) is 12.7. The second kappa shape index (κ2) is 6.85. The van der Waals surface area contributed by atoms with Crippen LogP contribution in [-0.4, -0.2) is 49.3 Å². The highest BCUT2D eigenvalue weighted by Crippen LogP contribution is 2.23. The standard InChI is InChI=1S/C13H23N3O4S/c1-4-19-12(9(2)3)13-15-11(20-16-13)7-10-8-21(17,18)6-5-14-10/h9-10,12,14H,4-8H2,1-3H3. The van der Waals surface area contributed by atoms with Gasteiger partial charge in [0.2, 0.25) is 11.7 Å². The van der Waals surface area contributed by atoms with Gasteiger partial charge in [-0.05, 0) is 12.8 Å². The largest absolute Gasteiger partial charge is 0.370 e. The number of ether oxygens (including phenoxy) is 1. The first-order chi connectivity index (χ1) is 9.91. The summed E-state index contributed by atoms with van der Waals surface area (Å²) in [6, 6.07) is -0.165. The molecular formula is C13H23N3O4S. The van der Waals surface area contributed by atoms with Crippen LogP contribution in [-0.2, 0) is 21.0 Å². The maximum Gasteiger partial charge on any atom is 0.228 e. The fourth-order valence-electron chi connectivity index (χ4n) is 2.42. The highest BCUT2D eigenvalue weighted by Gasteiger charge is 2.27. The second-order valence-electron chi connectivity index (χ2n) is 5.64. The molecule has 0 spiro atoms. The Labute approximate surface area is 125 Å². The van der Waals surface area contributed by atoms with Crippen molar-refractivity contribution in [1.82, 2.24) is 15.5 Å². The first-order valence-electron chi connectivity index (χ1n) is 7.29. The molecule has 2 rings (SSSR count). The van der Waals surface area contributed by atoms with E-state index in [2.05, 4.69) is 15.5 Å². The summed E-state index contributed by atoms with van der Waals surface area (Å²) in [7, 11) is -2.96. The molecule has 21 heavy (non-hydrogen) atoms. The van der Waals surface area contributed by atoms with Crippen molar-refractivity contribution in [3.63, 3.8) is 0 Å². The average molecular weight is 317 g/mol. The quantitative estimate of drug-likeness (QED) is 0.826. The summed E-state index contributed by atoms with van der Waals surface area (Å²) >= 11 is 0. The summed E-state index contributed by atoms with van der Waals surface area (Å²) in [5, 5.41) is 7.14. The van der Waals surface area contributed by atoms with E-state index in [1.807, 2.05) is 20.8 Å². The number of hydrogen-bond donors (Lipinski definition) is 1. The zero-order valence-corrected chi connectivity index (χ0v) is 13.5. The van der Waals surface area contributed by atoms with E-state index in [1.165, 1.54) is 0 Å². The third-order valence-electron chi connectivity index (χ3n) is 3.41. The molecule has 0 radical (unpaired) electrons. The van der Waals surface area contributed by atoms with Crippen molar-refractivity contribution in [3.8, 4) is 0 Å². The van der Waals surface area contributed by atoms with Crippen molar-refractivity contribution in [3.05, 3.63) is 11.7 Å². The molecule has 8 heteroatoms. The third-order valence-corrected chi connectivity index (χ3v) is 5.15. The van der Waals surface area contributed by atoms with Crippen LogP contribution < -0.4 is 5.32 Å². The van der Waals surface area contributed by atoms with Gasteiger partial charge in [-0.2, -0.15) is 4.98 Å². The van der Waals surface area contributed by atoms with Crippen LogP contribution in [0.3, 0.4) is 0 Å². The van der Waals surface area contributed by atoms with Gasteiger partial charge in [0, 0.05) is 25.6 Å². The number of nitrogens with zero attached hydrogens (tertiary/aromatic N) is 2. The van der Waals surface area contributed by atoms with Gasteiger partial charge in [0.1, 0.15) is 6.10 Å². The van der Waals surface area contributed by atoms with Crippen molar-refractivity contribution in [2.75, 3.05) is 24.7 Å². The summed E-state index contributed by atoms with van der Waals surface area (Å²) in [4.78, 5) is 4.35. The molecule has 7 nitrogen and oxygen atoms in total. The molecule has 1 fully saturated rings. The van der Waals surface area contributed by atoms with Gasteiger partial charge in [-0.3, -0.25) is 0 Å². The monoisotopic (exact) mass is 317 g/mol. The van der Waals surface area contributed by atoms with Crippen LogP contribution in [0, 0.1) is 5.92 Å². The Kier molecular flexibility index (Phi) is 5.34. The number of hydrogen-bond acceptors (Lipinski definition) is 7. The topological polar surface area (TPSA) is 94.3 Å². The molecule has 1 aliphatic heterocycles. The Morgan fingerprint density at radius 3 is 2.86 bits per heavy atom. The maximum absolute atomic E-state index is 11.6. The van der Waals surface area contributed by atoms with E-state index >= 15 is 0 Å². The van der Waals surface area contributed by atoms with Crippen molar-refractivity contribution < 1.29 is 17.7 Å². The summed E-state index contributed by atoms with van der Waals surface area (Å²) in [5.74, 6) is 1.52. The van der Waals surface area contributed by atoms with Crippen molar-refractivity contribution in [2.24, 2.45) is 5.92 Å². The molecule has 120 valence electrons. The minimum atomic E-state index is -2.96. The minimum Gasteiger partial charge on any atom is -0.370 e. The Hall–Kier alpha value is -0.990. The van der Waals surface area contributed by atoms with Crippen molar-refractivity contribution in [2.45, 2.75) is 39.3 Å². The van der Waals surface area contributed by atoms with Gasteiger partial charge >= 0.3 is 0 Å². The lowest BCUT2D eigenvalue weighted by atomic mass is 10.1. The van der Waals surface area contributed by atoms with E-state index in [9.17, 15) is 8.42 Å².